The lowest BCUT2D eigenvalue weighted by atomic mass is 10.0. The van der Waals surface area contributed by atoms with Crippen LogP contribution in [0.25, 0.3) is 21.5 Å². The van der Waals surface area contributed by atoms with Gasteiger partial charge in [0.15, 0.2) is 0 Å². The molecule has 7 heteroatoms. The van der Waals surface area contributed by atoms with E-state index < -0.39 is 0 Å². The van der Waals surface area contributed by atoms with Crippen molar-refractivity contribution in [2.45, 2.75) is 13.0 Å². The van der Waals surface area contributed by atoms with Gasteiger partial charge in [0, 0.05) is 17.8 Å². The molecule has 1 atom stereocenters. The molecule has 0 fully saturated rings. The second-order valence-corrected chi connectivity index (χ2v) is 6.10. The van der Waals surface area contributed by atoms with Gasteiger partial charge >= 0.3 is 0 Å². The Morgan fingerprint density at radius 2 is 2.00 bits per heavy atom. The minimum absolute atomic E-state index is 0.138. The van der Waals surface area contributed by atoms with Gasteiger partial charge in [-0.2, -0.15) is 0 Å². The number of nitrogens with one attached hydrogen (secondary N) is 2. The molecule has 0 radical (unpaired) electrons. The average Bonchev–Trinajstić information content (AvgIpc) is 3.27. The van der Waals surface area contributed by atoms with Crippen LogP contribution in [0.1, 0.15) is 18.5 Å². The molecule has 0 unspecified atom stereocenters. The Morgan fingerprint density at radius 1 is 1.13 bits per heavy atom. The van der Waals surface area contributed by atoms with Crippen LogP contribution in [-0.2, 0) is 0 Å². The van der Waals surface area contributed by atoms with Gasteiger partial charge in [0.2, 0.25) is 0 Å². The van der Waals surface area contributed by atoms with Gasteiger partial charge < -0.3 is 5.32 Å². The fourth-order valence-electron chi connectivity index (χ4n) is 2.48. The molecule has 1 aromatic carbocycles. The van der Waals surface area contributed by atoms with Crippen molar-refractivity contribution in [3.05, 3.63) is 53.8 Å². The first-order chi connectivity index (χ1) is 11.3. The lowest BCUT2D eigenvalue weighted by molar-refractivity contribution is 0.876. The topological polar surface area (TPSA) is 79.4 Å². The summed E-state index contributed by atoms with van der Waals surface area (Å²) in [5.41, 5.74) is 3.06. The van der Waals surface area contributed by atoms with Crippen molar-refractivity contribution in [1.82, 2.24) is 25.4 Å². The lowest BCUT2D eigenvalue weighted by Crippen LogP contribution is -2.08. The molecule has 2 N–H and O–H groups in total. The molecule has 114 valence electrons. The summed E-state index contributed by atoms with van der Waals surface area (Å²) in [4.78, 5) is 9.63. The lowest BCUT2D eigenvalue weighted by Gasteiger charge is -2.15. The first kappa shape index (κ1) is 13.8. The number of aromatic nitrogens is 5. The largest absolute Gasteiger partial charge is 0.363 e. The molecule has 0 aliphatic heterocycles. The van der Waals surface area contributed by atoms with Crippen molar-refractivity contribution in [1.29, 1.82) is 0 Å². The number of fused-ring (bicyclic) bond motifs is 1. The third-order valence-corrected chi connectivity index (χ3v) is 4.56. The first-order valence-electron chi connectivity index (χ1n) is 7.23. The number of aromatic amines is 1. The second-order valence-electron chi connectivity index (χ2n) is 5.21. The van der Waals surface area contributed by atoms with E-state index in [9.17, 15) is 0 Å². The normalized spacial score (nSPS) is 12.4. The van der Waals surface area contributed by atoms with Crippen LogP contribution >= 0.6 is 11.3 Å². The molecule has 23 heavy (non-hydrogen) atoms. The van der Waals surface area contributed by atoms with Gasteiger partial charge in [0.25, 0.3) is 0 Å². The summed E-state index contributed by atoms with van der Waals surface area (Å²) in [5.74, 6) is 0.865. The summed E-state index contributed by atoms with van der Waals surface area (Å²) in [6.07, 6.45) is 3.38. The van der Waals surface area contributed by atoms with Crippen LogP contribution in [0.5, 0.6) is 0 Å². The number of hydrogen-bond acceptors (Lipinski definition) is 6. The second kappa shape index (κ2) is 5.77. The highest BCUT2D eigenvalue weighted by molar-refractivity contribution is 7.16. The molecule has 0 bridgehead atoms. The highest BCUT2D eigenvalue weighted by Gasteiger charge is 2.10. The van der Waals surface area contributed by atoms with Gasteiger partial charge in [-0.05, 0) is 23.9 Å². The van der Waals surface area contributed by atoms with Crippen LogP contribution in [0.4, 0.5) is 5.82 Å². The SMILES string of the molecule is C[C@H](Nc1ncnc2sccc12)c1ccc(-c2c[nH]nn2)cc1. The predicted molar refractivity (Wildman–Crippen MR) is 91.3 cm³/mol. The van der Waals surface area contributed by atoms with Crippen molar-refractivity contribution >= 4 is 27.4 Å². The van der Waals surface area contributed by atoms with E-state index in [0.717, 1.165) is 27.3 Å². The number of anilines is 1. The minimum atomic E-state index is 0.138. The summed E-state index contributed by atoms with van der Waals surface area (Å²) in [6, 6.07) is 10.5. The molecule has 0 aliphatic carbocycles. The molecule has 3 heterocycles. The van der Waals surface area contributed by atoms with E-state index in [-0.39, 0.29) is 6.04 Å². The maximum Gasteiger partial charge on any atom is 0.138 e. The fraction of sp³-hybridized carbons (Fsp3) is 0.125. The van der Waals surface area contributed by atoms with E-state index in [2.05, 4.69) is 49.8 Å². The van der Waals surface area contributed by atoms with Gasteiger partial charge in [-0.1, -0.05) is 29.5 Å². The molecule has 0 spiro atoms. The van der Waals surface area contributed by atoms with E-state index >= 15 is 0 Å². The molecule has 4 rings (SSSR count). The van der Waals surface area contributed by atoms with E-state index in [1.807, 2.05) is 23.6 Å². The number of H-pyrrole nitrogens is 1. The minimum Gasteiger partial charge on any atom is -0.363 e. The molecule has 6 nitrogen and oxygen atoms in total. The Kier molecular flexibility index (Phi) is 3.47. The molecule has 0 saturated heterocycles. The Hall–Kier alpha value is -2.80. The van der Waals surface area contributed by atoms with Gasteiger partial charge in [-0.25, -0.2) is 9.97 Å². The van der Waals surface area contributed by atoms with Crippen LogP contribution < -0.4 is 5.32 Å². The Labute approximate surface area is 136 Å². The van der Waals surface area contributed by atoms with Crippen LogP contribution in [0, 0.1) is 0 Å². The van der Waals surface area contributed by atoms with Gasteiger partial charge in [-0.3, -0.25) is 5.10 Å². The van der Waals surface area contributed by atoms with Crippen LogP contribution in [0.2, 0.25) is 0 Å². The first-order valence-corrected chi connectivity index (χ1v) is 8.11. The third-order valence-electron chi connectivity index (χ3n) is 3.74. The Morgan fingerprint density at radius 3 is 2.78 bits per heavy atom. The maximum absolute atomic E-state index is 4.36. The molecular weight excluding hydrogens is 308 g/mol. The standard InChI is InChI=1S/C16H14N6S/c1-10(20-15-13-6-7-23-16(13)18-9-17-15)11-2-4-12(5-3-11)14-8-19-22-21-14/h2-10H,1H3,(H,17,18,20)(H,19,21,22)/t10-/m0/s1. The van der Waals surface area contributed by atoms with Gasteiger partial charge in [-0.15, -0.1) is 16.4 Å². The number of hydrogen-bond donors (Lipinski definition) is 2. The zero-order valence-electron chi connectivity index (χ0n) is 12.4. The average molecular weight is 322 g/mol. The van der Waals surface area contributed by atoms with Crippen LogP contribution in [0.3, 0.4) is 0 Å². The number of thiophene rings is 1. The molecule has 0 aliphatic rings. The molecule has 0 saturated carbocycles. The zero-order chi connectivity index (χ0) is 15.6. The zero-order valence-corrected chi connectivity index (χ0v) is 13.2. The van der Waals surface area contributed by atoms with Gasteiger partial charge in [0.1, 0.15) is 22.7 Å². The van der Waals surface area contributed by atoms with Crippen molar-refractivity contribution < 1.29 is 0 Å². The maximum atomic E-state index is 4.36. The molecule has 4 aromatic rings. The van der Waals surface area contributed by atoms with Gasteiger partial charge in [0.05, 0.1) is 5.39 Å². The number of benzene rings is 1. The van der Waals surface area contributed by atoms with Crippen molar-refractivity contribution in [2.75, 3.05) is 5.32 Å². The Bertz CT molecular complexity index is 913. The Balaban J connectivity index is 1.57. The number of nitrogens with zero attached hydrogens (tertiary/aromatic N) is 4. The summed E-state index contributed by atoms with van der Waals surface area (Å²) < 4.78 is 0. The monoisotopic (exact) mass is 322 g/mol. The fourth-order valence-corrected chi connectivity index (χ4v) is 3.21. The van der Waals surface area contributed by atoms with E-state index in [4.69, 9.17) is 0 Å². The van der Waals surface area contributed by atoms with Crippen molar-refractivity contribution in [2.24, 2.45) is 0 Å². The summed E-state index contributed by atoms with van der Waals surface area (Å²) in [7, 11) is 0. The summed E-state index contributed by atoms with van der Waals surface area (Å²) in [5, 5.41) is 17.0. The van der Waals surface area contributed by atoms with E-state index in [0.29, 0.717) is 0 Å². The molecular formula is C16H14N6S. The highest BCUT2D eigenvalue weighted by atomic mass is 32.1. The smallest absolute Gasteiger partial charge is 0.138 e. The van der Waals surface area contributed by atoms with Crippen molar-refractivity contribution in [3.63, 3.8) is 0 Å². The molecule has 0 amide bonds. The molecule has 3 aromatic heterocycles. The van der Waals surface area contributed by atoms with E-state index in [1.165, 1.54) is 5.56 Å². The van der Waals surface area contributed by atoms with Crippen LogP contribution in [0.15, 0.2) is 48.2 Å². The predicted octanol–water partition coefficient (Wildman–Crippen LogP) is 3.65. The third kappa shape index (κ3) is 2.66. The van der Waals surface area contributed by atoms with Crippen LogP contribution in [-0.4, -0.2) is 25.4 Å². The summed E-state index contributed by atoms with van der Waals surface area (Å²) >= 11 is 1.62. The quantitative estimate of drug-likeness (QED) is 0.599. The van der Waals surface area contributed by atoms with Crippen molar-refractivity contribution in [3.8, 4) is 11.3 Å². The summed E-state index contributed by atoms with van der Waals surface area (Å²) in [6.45, 7) is 2.12. The number of rotatable bonds is 4. The van der Waals surface area contributed by atoms with E-state index in [1.54, 1.807) is 23.9 Å². The highest BCUT2D eigenvalue weighted by Crippen LogP contribution is 2.27.